The molecule has 8 nitrogen and oxygen atoms in total. The van der Waals surface area contributed by atoms with Crippen molar-refractivity contribution in [2.75, 3.05) is 0 Å². The number of rotatable bonds is 8. The Kier molecular flexibility index (Phi) is 8.81. The third-order valence-corrected chi connectivity index (χ3v) is 4.84. The highest BCUT2D eigenvalue weighted by Gasteiger charge is 2.09. The van der Waals surface area contributed by atoms with Crippen molar-refractivity contribution >= 4 is 55.3 Å². The van der Waals surface area contributed by atoms with E-state index < -0.39 is 12.1 Å². The Labute approximate surface area is 185 Å². The molecule has 0 aromatic heterocycles. The zero-order valence-corrected chi connectivity index (χ0v) is 18.5. The first-order valence-corrected chi connectivity index (χ1v) is 10.2. The number of halogens is 2. The number of nitrogens with zero attached hydrogens (tertiary/aromatic N) is 2. The number of carbonyl (C=O) groups is 2. The molecule has 0 aliphatic carbocycles. The Morgan fingerprint density at radius 1 is 0.724 bits per heavy atom. The molecule has 2 aromatic rings. The zero-order chi connectivity index (χ0) is 21.2. The van der Waals surface area contributed by atoms with E-state index in [0.717, 1.165) is 20.1 Å². The SMILES string of the molecule is NC(=O)NN=C(CCCC(=NNC(N)=O)c1ccc(Br)cc1)c1ccc(Br)cc1. The lowest BCUT2D eigenvalue weighted by Gasteiger charge is -2.10. The van der Waals surface area contributed by atoms with Crippen molar-refractivity contribution in [1.82, 2.24) is 10.9 Å². The number of hydrogen-bond acceptors (Lipinski definition) is 4. The number of hydrazone groups is 2. The van der Waals surface area contributed by atoms with E-state index in [9.17, 15) is 9.59 Å². The average Bonchev–Trinajstić information content (AvgIpc) is 2.68. The van der Waals surface area contributed by atoms with Gasteiger partial charge >= 0.3 is 12.1 Å². The number of urea groups is 2. The summed E-state index contributed by atoms with van der Waals surface area (Å²) in [5.74, 6) is 0. The van der Waals surface area contributed by atoms with Gasteiger partial charge in [-0.05, 0) is 54.7 Å². The number of carbonyl (C=O) groups excluding carboxylic acids is 2. The van der Waals surface area contributed by atoms with Crippen LogP contribution in [-0.2, 0) is 0 Å². The molecule has 0 atom stereocenters. The fourth-order valence-electron chi connectivity index (χ4n) is 2.48. The molecule has 0 saturated heterocycles. The van der Waals surface area contributed by atoms with E-state index in [-0.39, 0.29) is 0 Å². The Morgan fingerprint density at radius 3 is 1.38 bits per heavy atom. The van der Waals surface area contributed by atoms with Crippen LogP contribution >= 0.6 is 31.9 Å². The molecule has 0 aliphatic heterocycles. The van der Waals surface area contributed by atoms with Crippen LogP contribution in [0.3, 0.4) is 0 Å². The minimum atomic E-state index is -0.734. The summed E-state index contributed by atoms with van der Waals surface area (Å²) in [4.78, 5) is 22.1. The van der Waals surface area contributed by atoms with Crippen molar-refractivity contribution < 1.29 is 9.59 Å². The molecule has 0 aliphatic rings. The summed E-state index contributed by atoms with van der Waals surface area (Å²) >= 11 is 6.79. The number of nitrogens with two attached hydrogens (primary N) is 2. The molecule has 2 rings (SSSR count). The van der Waals surface area contributed by atoms with E-state index in [1.165, 1.54) is 0 Å². The van der Waals surface area contributed by atoms with Crippen molar-refractivity contribution in [3.05, 3.63) is 68.6 Å². The van der Waals surface area contributed by atoms with Crippen molar-refractivity contribution in [2.45, 2.75) is 19.3 Å². The third kappa shape index (κ3) is 8.04. The van der Waals surface area contributed by atoms with Crippen molar-refractivity contribution in [3.8, 4) is 0 Å². The summed E-state index contributed by atoms with van der Waals surface area (Å²) in [6.07, 6.45) is 1.76. The number of amides is 4. The molecule has 2 aromatic carbocycles. The second-order valence-corrected chi connectivity index (χ2v) is 7.77. The maximum atomic E-state index is 11.1. The monoisotopic (exact) mass is 522 g/mol. The predicted molar refractivity (Wildman–Crippen MR) is 121 cm³/mol. The molecule has 0 heterocycles. The van der Waals surface area contributed by atoms with Gasteiger partial charge in [0.25, 0.3) is 0 Å². The van der Waals surface area contributed by atoms with Crippen LogP contribution in [0, 0.1) is 0 Å². The molecule has 0 bridgehead atoms. The molecule has 0 radical (unpaired) electrons. The van der Waals surface area contributed by atoms with E-state index in [1.807, 2.05) is 48.5 Å². The molecule has 4 amide bonds. The van der Waals surface area contributed by atoms with Crippen LogP contribution in [0.4, 0.5) is 9.59 Å². The molecule has 0 saturated carbocycles. The van der Waals surface area contributed by atoms with Gasteiger partial charge in [0.05, 0.1) is 11.4 Å². The molecule has 10 heteroatoms. The highest BCUT2D eigenvalue weighted by Crippen LogP contribution is 2.16. The standard InChI is InChI=1S/C19H20Br2N6O2/c20-14-8-4-12(5-9-14)16(24-26-18(22)28)2-1-3-17(25-27-19(23)29)13-6-10-15(21)11-7-13/h4-11H,1-3H2,(H3,22,26,28)(H3,23,27,29). The third-order valence-electron chi connectivity index (χ3n) is 3.78. The highest BCUT2D eigenvalue weighted by molar-refractivity contribution is 9.10. The van der Waals surface area contributed by atoms with Gasteiger partial charge in [-0.25, -0.2) is 20.4 Å². The number of primary amides is 2. The minimum Gasteiger partial charge on any atom is -0.350 e. The van der Waals surface area contributed by atoms with Crippen LogP contribution in [0.1, 0.15) is 30.4 Å². The van der Waals surface area contributed by atoms with Crippen LogP contribution in [0.25, 0.3) is 0 Å². The quantitative estimate of drug-likeness (QED) is 0.309. The van der Waals surface area contributed by atoms with Crippen LogP contribution in [-0.4, -0.2) is 23.5 Å². The summed E-state index contributed by atoms with van der Waals surface area (Å²) in [6, 6.07) is 13.7. The molecule has 29 heavy (non-hydrogen) atoms. The predicted octanol–water partition coefficient (Wildman–Crippen LogP) is 3.83. The number of benzene rings is 2. The summed E-state index contributed by atoms with van der Waals surface area (Å²) in [7, 11) is 0. The van der Waals surface area contributed by atoms with Crippen LogP contribution in [0.5, 0.6) is 0 Å². The van der Waals surface area contributed by atoms with Gasteiger partial charge in [0, 0.05) is 8.95 Å². The van der Waals surface area contributed by atoms with Crippen molar-refractivity contribution in [3.63, 3.8) is 0 Å². The molecular formula is C19H20Br2N6O2. The Morgan fingerprint density at radius 2 is 1.07 bits per heavy atom. The average molecular weight is 524 g/mol. The number of nitrogens with one attached hydrogen (secondary N) is 2. The molecule has 152 valence electrons. The van der Waals surface area contributed by atoms with E-state index in [1.54, 1.807) is 0 Å². The topological polar surface area (TPSA) is 135 Å². The summed E-state index contributed by atoms with van der Waals surface area (Å²) in [5, 5.41) is 8.24. The van der Waals surface area contributed by atoms with E-state index in [4.69, 9.17) is 11.5 Å². The lowest BCUT2D eigenvalue weighted by molar-refractivity contribution is 0.248. The first-order valence-electron chi connectivity index (χ1n) is 8.61. The maximum Gasteiger partial charge on any atom is 0.332 e. The van der Waals surface area contributed by atoms with Crippen molar-refractivity contribution in [1.29, 1.82) is 0 Å². The van der Waals surface area contributed by atoms with Gasteiger partial charge in [-0.3, -0.25) is 0 Å². The first kappa shape index (κ1) is 22.6. The maximum absolute atomic E-state index is 11.1. The van der Waals surface area contributed by atoms with Gasteiger partial charge in [0.15, 0.2) is 0 Å². The number of hydrogen-bond donors (Lipinski definition) is 4. The molecule has 0 spiro atoms. The molecule has 0 unspecified atom stereocenters. The Bertz CT molecular complexity index is 836. The van der Waals surface area contributed by atoms with E-state index in [2.05, 4.69) is 52.9 Å². The largest absolute Gasteiger partial charge is 0.350 e. The smallest absolute Gasteiger partial charge is 0.332 e. The van der Waals surface area contributed by atoms with E-state index >= 15 is 0 Å². The first-order chi connectivity index (χ1) is 13.8. The molecule has 6 N–H and O–H groups in total. The van der Waals surface area contributed by atoms with Gasteiger partial charge < -0.3 is 11.5 Å². The van der Waals surface area contributed by atoms with Crippen LogP contribution < -0.4 is 22.3 Å². The zero-order valence-electron chi connectivity index (χ0n) is 15.4. The Hall–Kier alpha value is -2.72. The Balaban J connectivity index is 2.14. The van der Waals surface area contributed by atoms with Crippen LogP contribution in [0.15, 0.2) is 67.7 Å². The van der Waals surface area contributed by atoms with Gasteiger partial charge in [0.2, 0.25) is 0 Å². The summed E-state index contributed by atoms with van der Waals surface area (Å²) in [5.41, 5.74) is 17.9. The van der Waals surface area contributed by atoms with Gasteiger partial charge in [-0.2, -0.15) is 10.2 Å². The summed E-state index contributed by atoms with van der Waals surface area (Å²) in [6.45, 7) is 0. The minimum absolute atomic E-state index is 0.550. The van der Waals surface area contributed by atoms with Gasteiger partial charge in [-0.1, -0.05) is 56.1 Å². The fourth-order valence-corrected chi connectivity index (χ4v) is 3.01. The lowest BCUT2D eigenvalue weighted by Crippen LogP contribution is -2.26. The second kappa shape index (κ2) is 11.3. The highest BCUT2D eigenvalue weighted by atomic mass is 79.9. The van der Waals surface area contributed by atoms with Gasteiger partial charge in [-0.15, -0.1) is 0 Å². The van der Waals surface area contributed by atoms with Crippen molar-refractivity contribution in [2.24, 2.45) is 21.7 Å². The molecule has 0 fully saturated rings. The van der Waals surface area contributed by atoms with Gasteiger partial charge in [0.1, 0.15) is 0 Å². The summed E-state index contributed by atoms with van der Waals surface area (Å²) < 4.78 is 1.87. The molecular weight excluding hydrogens is 504 g/mol. The normalized spacial score (nSPS) is 11.8. The lowest BCUT2D eigenvalue weighted by atomic mass is 10.0. The van der Waals surface area contributed by atoms with E-state index in [0.29, 0.717) is 30.7 Å². The second-order valence-electron chi connectivity index (χ2n) is 5.94. The van der Waals surface area contributed by atoms with Crippen LogP contribution in [0.2, 0.25) is 0 Å². The fraction of sp³-hybridized carbons (Fsp3) is 0.158.